The van der Waals surface area contributed by atoms with Crippen LogP contribution in [0, 0.1) is 12.3 Å². The minimum absolute atomic E-state index is 0.0180. The number of nitrogens with zero attached hydrogens (tertiary/aromatic N) is 1. The first-order valence-electron chi connectivity index (χ1n) is 6.30. The van der Waals surface area contributed by atoms with Crippen molar-refractivity contribution in [1.82, 2.24) is 10.2 Å². The van der Waals surface area contributed by atoms with Crippen molar-refractivity contribution in [2.24, 2.45) is 0 Å². The molecule has 5 nitrogen and oxygen atoms in total. The van der Waals surface area contributed by atoms with E-state index in [1.165, 1.54) is 0 Å². The van der Waals surface area contributed by atoms with Crippen LogP contribution in [0.1, 0.15) is 39.0 Å². The SMILES string of the molecule is C#CCC(CC)NC(=O)N(CCC(=O)O)C1CC1. The number of urea groups is 1. The number of aliphatic carboxylic acids is 1. The van der Waals surface area contributed by atoms with Gasteiger partial charge in [-0.2, -0.15) is 0 Å². The molecule has 2 amide bonds. The van der Waals surface area contributed by atoms with Gasteiger partial charge in [0.25, 0.3) is 0 Å². The van der Waals surface area contributed by atoms with E-state index in [0.29, 0.717) is 6.42 Å². The lowest BCUT2D eigenvalue weighted by Crippen LogP contribution is -2.46. The van der Waals surface area contributed by atoms with Gasteiger partial charge < -0.3 is 15.3 Å². The van der Waals surface area contributed by atoms with E-state index in [2.05, 4.69) is 11.2 Å². The second-order valence-corrected chi connectivity index (χ2v) is 4.53. The van der Waals surface area contributed by atoms with E-state index in [1.807, 2.05) is 6.92 Å². The average Bonchev–Trinajstić information content (AvgIpc) is 3.12. The first kappa shape index (κ1) is 14.4. The number of carboxylic acids is 1. The summed E-state index contributed by atoms with van der Waals surface area (Å²) in [6.07, 6.45) is 8.40. The van der Waals surface area contributed by atoms with Crippen LogP contribution in [0.15, 0.2) is 0 Å². The van der Waals surface area contributed by atoms with E-state index in [0.717, 1.165) is 19.3 Å². The zero-order valence-corrected chi connectivity index (χ0v) is 10.7. The number of carbonyl (C=O) groups excluding carboxylic acids is 1. The summed E-state index contributed by atoms with van der Waals surface area (Å²) < 4.78 is 0. The van der Waals surface area contributed by atoms with Crippen molar-refractivity contribution in [2.75, 3.05) is 6.54 Å². The Bertz CT molecular complexity index is 345. The second-order valence-electron chi connectivity index (χ2n) is 4.53. The van der Waals surface area contributed by atoms with E-state index in [1.54, 1.807) is 4.90 Å². The van der Waals surface area contributed by atoms with E-state index >= 15 is 0 Å². The van der Waals surface area contributed by atoms with Crippen LogP contribution in [0.5, 0.6) is 0 Å². The van der Waals surface area contributed by atoms with Gasteiger partial charge in [0.15, 0.2) is 0 Å². The predicted molar refractivity (Wildman–Crippen MR) is 68.0 cm³/mol. The first-order valence-corrected chi connectivity index (χ1v) is 6.30. The summed E-state index contributed by atoms with van der Waals surface area (Å²) in [7, 11) is 0. The summed E-state index contributed by atoms with van der Waals surface area (Å²) in [4.78, 5) is 24.2. The minimum Gasteiger partial charge on any atom is -0.481 e. The van der Waals surface area contributed by atoms with Crippen LogP contribution in [-0.2, 0) is 4.79 Å². The minimum atomic E-state index is -0.885. The highest BCUT2D eigenvalue weighted by Crippen LogP contribution is 2.27. The zero-order chi connectivity index (χ0) is 13.5. The van der Waals surface area contributed by atoms with Crippen LogP contribution < -0.4 is 5.32 Å². The third kappa shape index (κ3) is 4.66. The Labute approximate surface area is 108 Å². The fourth-order valence-electron chi connectivity index (χ4n) is 1.75. The van der Waals surface area contributed by atoms with Crippen LogP contribution in [0.25, 0.3) is 0 Å². The van der Waals surface area contributed by atoms with Crippen LogP contribution in [-0.4, -0.2) is 40.6 Å². The van der Waals surface area contributed by atoms with Crippen molar-refractivity contribution < 1.29 is 14.7 Å². The van der Waals surface area contributed by atoms with Gasteiger partial charge in [-0.15, -0.1) is 12.3 Å². The molecule has 2 N–H and O–H groups in total. The molecule has 100 valence electrons. The maximum atomic E-state index is 12.0. The predicted octanol–water partition coefficient (Wildman–Crippen LogP) is 1.44. The lowest BCUT2D eigenvalue weighted by atomic mass is 10.1. The molecule has 1 rings (SSSR count). The highest BCUT2D eigenvalue weighted by molar-refractivity contribution is 5.76. The molecular weight excluding hydrogens is 232 g/mol. The van der Waals surface area contributed by atoms with Crippen LogP contribution >= 0.6 is 0 Å². The number of hydrogen-bond acceptors (Lipinski definition) is 2. The normalized spacial score (nSPS) is 15.6. The van der Waals surface area contributed by atoms with Gasteiger partial charge in [-0.05, 0) is 19.3 Å². The van der Waals surface area contributed by atoms with E-state index in [9.17, 15) is 9.59 Å². The monoisotopic (exact) mass is 252 g/mol. The molecule has 1 aliphatic rings. The summed E-state index contributed by atoms with van der Waals surface area (Å²) in [5, 5.41) is 11.5. The third-order valence-electron chi connectivity index (χ3n) is 3.00. The van der Waals surface area contributed by atoms with Gasteiger partial charge in [0, 0.05) is 25.0 Å². The summed E-state index contributed by atoms with van der Waals surface area (Å²) in [6.45, 7) is 2.22. The van der Waals surface area contributed by atoms with Gasteiger partial charge in [-0.25, -0.2) is 4.79 Å². The van der Waals surface area contributed by atoms with Crippen molar-refractivity contribution in [3.63, 3.8) is 0 Å². The van der Waals surface area contributed by atoms with Gasteiger partial charge in [0.05, 0.1) is 6.42 Å². The summed E-state index contributed by atoms with van der Waals surface area (Å²) in [5.74, 6) is 1.65. The Hall–Kier alpha value is -1.70. The van der Waals surface area contributed by atoms with Gasteiger partial charge in [0.2, 0.25) is 0 Å². The molecule has 5 heteroatoms. The molecule has 1 aliphatic carbocycles. The first-order chi connectivity index (χ1) is 8.58. The molecule has 1 fully saturated rings. The molecule has 1 atom stereocenters. The molecule has 0 aromatic carbocycles. The summed E-state index contributed by atoms with van der Waals surface area (Å²) in [6, 6.07) is -0.0258. The molecule has 0 aromatic heterocycles. The van der Waals surface area contributed by atoms with E-state index in [4.69, 9.17) is 11.5 Å². The largest absolute Gasteiger partial charge is 0.481 e. The van der Waals surface area contributed by atoms with E-state index < -0.39 is 5.97 Å². The molecule has 0 bridgehead atoms. The van der Waals surface area contributed by atoms with Gasteiger partial charge in [-0.3, -0.25) is 4.79 Å². The number of terminal acetylenes is 1. The molecule has 1 unspecified atom stereocenters. The second kappa shape index (κ2) is 6.90. The molecule has 0 radical (unpaired) electrons. The standard InChI is InChI=1S/C13H20N2O3/c1-3-5-10(4-2)14-13(18)15(11-6-7-11)9-8-12(16)17/h1,10-11H,4-9H2,2H3,(H,14,18)(H,16,17). The van der Waals surface area contributed by atoms with Crippen LogP contribution in [0.3, 0.4) is 0 Å². The summed E-state index contributed by atoms with van der Waals surface area (Å²) >= 11 is 0. The smallest absolute Gasteiger partial charge is 0.317 e. The fraction of sp³-hybridized carbons (Fsp3) is 0.692. The maximum absolute atomic E-state index is 12.0. The topological polar surface area (TPSA) is 69.6 Å². The fourth-order valence-corrected chi connectivity index (χ4v) is 1.75. The lowest BCUT2D eigenvalue weighted by Gasteiger charge is -2.25. The van der Waals surface area contributed by atoms with Crippen molar-refractivity contribution in [1.29, 1.82) is 0 Å². The maximum Gasteiger partial charge on any atom is 0.317 e. The van der Waals surface area contributed by atoms with Crippen LogP contribution in [0.2, 0.25) is 0 Å². The van der Waals surface area contributed by atoms with Crippen molar-refractivity contribution in [2.45, 2.75) is 51.1 Å². The molecule has 0 saturated heterocycles. The Balaban J connectivity index is 2.48. The van der Waals surface area contributed by atoms with Crippen molar-refractivity contribution >= 4 is 12.0 Å². The molecule has 0 aromatic rings. The number of nitrogens with one attached hydrogen (secondary N) is 1. The molecule has 0 heterocycles. The number of carboxylic acid groups (broad SMARTS) is 1. The van der Waals surface area contributed by atoms with E-state index in [-0.39, 0.29) is 31.1 Å². The van der Waals surface area contributed by atoms with Crippen molar-refractivity contribution in [3.05, 3.63) is 0 Å². The molecule has 0 aliphatic heterocycles. The van der Waals surface area contributed by atoms with Gasteiger partial charge >= 0.3 is 12.0 Å². The quantitative estimate of drug-likeness (QED) is 0.673. The molecule has 18 heavy (non-hydrogen) atoms. The summed E-state index contributed by atoms with van der Waals surface area (Å²) in [5.41, 5.74) is 0. The Kier molecular flexibility index (Phi) is 5.50. The number of carbonyl (C=O) groups is 2. The molecule has 1 saturated carbocycles. The Morgan fingerprint density at radius 3 is 2.67 bits per heavy atom. The Morgan fingerprint density at radius 1 is 1.56 bits per heavy atom. The zero-order valence-electron chi connectivity index (χ0n) is 10.7. The third-order valence-corrected chi connectivity index (χ3v) is 3.00. The number of amides is 2. The molecule has 0 spiro atoms. The van der Waals surface area contributed by atoms with Crippen LogP contribution in [0.4, 0.5) is 4.79 Å². The van der Waals surface area contributed by atoms with Gasteiger partial charge in [0.1, 0.15) is 0 Å². The average molecular weight is 252 g/mol. The molecular formula is C13H20N2O3. The number of rotatable bonds is 7. The Morgan fingerprint density at radius 2 is 2.22 bits per heavy atom. The lowest BCUT2D eigenvalue weighted by molar-refractivity contribution is -0.137. The van der Waals surface area contributed by atoms with Gasteiger partial charge in [-0.1, -0.05) is 6.92 Å². The number of hydrogen-bond donors (Lipinski definition) is 2. The van der Waals surface area contributed by atoms with Crippen molar-refractivity contribution in [3.8, 4) is 12.3 Å². The highest BCUT2D eigenvalue weighted by Gasteiger charge is 2.33. The highest BCUT2D eigenvalue weighted by atomic mass is 16.4.